The molecular weight excluding hydrogens is 344 g/mol. The summed E-state index contributed by atoms with van der Waals surface area (Å²) in [6.07, 6.45) is 3.14. The molecule has 1 amide bonds. The molecule has 3 fully saturated rings. The minimum atomic E-state index is -0.346. The van der Waals surface area contributed by atoms with Gasteiger partial charge in [0.15, 0.2) is 0 Å². The number of amides is 1. The Morgan fingerprint density at radius 2 is 1.64 bits per heavy atom. The lowest BCUT2D eigenvalue weighted by molar-refractivity contribution is -0.139. The molecule has 2 saturated heterocycles. The van der Waals surface area contributed by atoms with E-state index in [0.717, 1.165) is 51.5 Å². The Bertz CT molecular complexity index is 841. The molecule has 3 heteroatoms. The summed E-state index contributed by atoms with van der Waals surface area (Å²) < 4.78 is 0. The van der Waals surface area contributed by atoms with Crippen LogP contribution in [0.15, 0.2) is 60.7 Å². The molecule has 1 aliphatic carbocycles. The zero-order chi connectivity index (χ0) is 19.2. The first-order valence-electron chi connectivity index (χ1n) is 10.7. The normalized spacial score (nSPS) is 28.8. The number of carbonyl (C=O) groups is 1. The second kappa shape index (κ2) is 6.73. The molecule has 0 bridgehead atoms. The number of nitrogens with zero attached hydrogens (tertiary/aromatic N) is 2. The summed E-state index contributed by atoms with van der Waals surface area (Å²) in [6.45, 7) is 7.21. The van der Waals surface area contributed by atoms with Gasteiger partial charge in [-0.15, -0.1) is 0 Å². The van der Waals surface area contributed by atoms with Crippen LogP contribution in [-0.4, -0.2) is 41.9 Å². The Morgan fingerprint density at radius 3 is 2.25 bits per heavy atom. The number of benzene rings is 2. The minimum absolute atomic E-state index is 0.346. The van der Waals surface area contributed by atoms with Gasteiger partial charge in [0.2, 0.25) is 5.91 Å². The van der Waals surface area contributed by atoms with Crippen LogP contribution < -0.4 is 0 Å². The predicted octanol–water partition coefficient (Wildman–Crippen LogP) is 4.09. The van der Waals surface area contributed by atoms with Gasteiger partial charge in [-0.2, -0.15) is 0 Å². The van der Waals surface area contributed by atoms with E-state index < -0.39 is 0 Å². The third kappa shape index (κ3) is 3.06. The van der Waals surface area contributed by atoms with Crippen molar-refractivity contribution in [3.63, 3.8) is 0 Å². The molecule has 0 aromatic heterocycles. The van der Waals surface area contributed by atoms with Crippen LogP contribution in [0.5, 0.6) is 0 Å². The molecule has 2 unspecified atom stereocenters. The third-order valence-electron chi connectivity index (χ3n) is 7.51. The maximum atomic E-state index is 13.8. The topological polar surface area (TPSA) is 23.6 Å². The average molecular weight is 375 g/mol. The van der Waals surface area contributed by atoms with Gasteiger partial charge in [0, 0.05) is 19.6 Å². The Hall–Kier alpha value is -2.13. The second-order valence-electron chi connectivity index (χ2n) is 9.45. The van der Waals surface area contributed by atoms with Gasteiger partial charge in [-0.25, -0.2) is 0 Å². The highest BCUT2D eigenvalue weighted by Crippen LogP contribution is 2.58. The van der Waals surface area contributed by atoms with E-state index in [-0.39, 0.29) is 5.41 Å². The first kappa shape index (κ1) is 17.9. The fraction of sp³-hybridized carbons (Fsp3) is 0.480. The smallest absolute Gasteiger partial charge is 0.233 e. The van der Waals surface area contributed by atoms with E-state index in [4.69, 9.17) is 0 Å². The quantitative estimate of drug-likeness (QED) is 0.805. The van der Waals surface area contributed by atoms with Crippen LogP contribution >= 0.6 is 0 Å². The highest BCUT2D eigenvalue weighted by Gasteiger charge is 2.59. The van der Waals surface area contributed by atoms with Crippen LogP contribution in [0.25, 0.3) is 0 Å². The standard InChI is InChI=1S/C25H30N2O/c1-24-16-22(24)18-27(19-24)23(28)25(21-10-6-3-7-11-21)12-14-26(15-13-25)17-20-8-4-2-5-9-20/h2-11,22H,12-19H2,1H3. The molecule has 3 nitrogen and oxygen atoms in total. The maximum Gasteiger partial charge on any atom is 0.233 e. The molecule has 1 saturated carbocycles. The van der Waals surface area contributed by atoms with E-state index in [1.54, 1.807) is 0 Å². The van der Waals surface area contributed by atoms with Crippen molar-refractivity contribution in [2.45, 2.75) is 38.1 Å². The van der Waals surface area contributed by atoms with Crippen molar-refractivity contribution in [2.24, 2.45) is 11.3 Å². The molecule has 2 heterocycles. The Balaban J connectivity index is 1.36. The van der Waals surface area contributed by atoms with Gasteiger partial charge in [-0.05, 0) is 54.8 Å². The van der Waals surface area contributed by atoms with Crippen molar-refractivity contribution in [1.29, 1.82) is 0 Å². The van der Waals surface area contributed by atoms with Crippen molar-refractivity contribution in [1.82, 2.24) is 9.80 Å². The number of carbonyl (C=O) groups excluding carboxylic acids is 1. The number of hydrogen-bond donors (Lipinski definition) is 0. The lowest BCUT2D eigenvalue weighted by atomic mass is 9.71. The van der Waals surface area contributed by atoms with E-state index in [1.807, 2.05) is 0 Å². The molecule has 28 heavy (non-hydrogen) atoms. The molecule has 146 valence electrons. The third-order valence-corrected chi connectivity index (χ3v) is 7.51. The molecule has 2 aromatic carbocycles. The monoisotopic (exact) mass is 374 g/mol. The first-order chi connectivity index (χ1) is 13.6. The van der Waals surface area contributed by atoms with E-state index in [2.05, 4.69) is 77.4 Å². The van der Waals surface area contributed by atoms with E-state index in [0.29, 0.717) is 11.3 Å². The number of likely N-dealkylation sites (tertiary alicyclic amines) is 2. The van der Waals surface area contributed by atoms with Gasteiger partial charge in [-0.3, -0.25) is 9.69 Å². The van der Waals surface area contributed by atoms with E-state index in [9.17, 15) is 4.79 Å². The average Bonchev–Trinajstić information content (AvgIpc) is 3.26. The van der Waals surface area contributed by atoms with Crippen LogP contribution in [0.4, 0.5) is 0 Å². The van der Waals surface area contributed by atoms with E-state index in [1.165, 1.54) is 17.5 Å². The number of hydrogen-bond acceptors (Lipinski definition) is 2. The molecular formula is C25H30N2O. The van der Waals surface area contributed by atoms with Crippen LogP contribution in [-0.2, 0) is 16.8 Å². The lowest BCUT2D eigenvalue weighted by Gasteiger charge is -2.43. The van der Waals surface area contributed by atoms with Gasteiger partial charge in [-0.1, -0.05) is 67.6 Å². The maximum absolute atomic E-state index is 13.8. The van der Waals surface area contributed by atoms with Crippen LogP contribution in [0, 0.1) is 11.3 Å². The summed E-state index contributed by atoms with van der Waals surface area (Å²) in [7, 11) is 0. The molecule has 0 N–H and O–H groups in total. The van der Waals surface area contributed by atoms with Crippen molar-refractivity contribution in [3.8, 4) is 0 Å². The Kier molecular flexibility index (Phi) is 4.31. The number of piperidine rings is 2. The summed E-state index contributed by atoms with van der Waals surface area (Å²) in [5, 5.41) is 0. The van der Waals surface area contributed by atoms with Gasteiger partial charge >= 0.3 is 0 Å². The fourth-order valence-corrected chi connectivity index (χ4v) is 5.52. The summed E-state index contributed by atoms with van der Waals surface area (Å²) >= 11 is 0. The van der Waals surface area contributed by atoms with E-state index >= 15 is 0 Å². The molecule has 0 spiro atoms. The van der Waals surface area contributed by atoms with Crippen molar-refractivity contribution < 1.29 is 4.79 Å². The zero-order valence-electron chi connectivity index (χ0n) is 16.8. The molecule has 5 rings (SSSR count). The highest BCUT2D eigenvalue weighted by atomic mass is 16.2. The van der Waals surface area contributed by atoms with Crippen LogP contribution in [0.3, 0.4) is 0 Å². The molecule has 2 aliphatic heterocycles. The van der Waals surface area contributed by atoms with Crippen molar-refractivity contribution in [3.05, 3.63) is 71.8 Å². The SMILES string of the molecule is CC12CC1CN(C(=O)C1(c3ccccc3)CCN(Cc3ccccc3)CC1)C2. The highest BCUT2D eigenvalue weighted by molar-refractivity contribution is 5.89. The molecule has 2 atom stereocenters. The van der Waals surface area contributed by atoms with Gasteiger partial charge in [0.1, 0.15) is 0 Å². The Morgan fingerprint density at radius 1 is 1.00 bits per heavy atom. The molecule has 3 aliphatic rings. The Labute approximate surface area is 168 Å². The van der Waals surface area contributed by atoms with Crippen LogP contribution in [0.2, 0.25) is 0 Å². The zero-order valence-corrected chi connectivity index (χ0v) is 16.8. The van der Waals surface area contributed by atoms with Gasteiger partial charge in [0.05, 0.1) is 5.41 Å². The van der Waals surface area contributed by atoms with Gasteiger partial charge in [0.25, 0.3) is 0 Å². The van der Waals surface area contributed by atoms with Gasteiger partial charge < -0.3 is 4.90 Å². The molecule has 2 aromatic rings. The fourth-order valence-electron chi connectivity index (χ4n) is 5.52. The summed E-state index contributed by atoms with van der Waals surface area (Å²) in [5.74, 6) is 1.12. The largest absolute Gasteiger partial charge is 0.341 e. The van der Waals surface area contributed by atoms with Crippen molar-refractivity contribution in [2.75, 3.05) is 26.2 Å². The predicted molar refractivity (Wildman–Crippen MR) is 112 cm³/mol. The number of rotatable bonds is 4. The first-order valence-corrected chi connectivity index (χ1v) is 10.7. The molecule has 0 radical (unpaired) electrons. The van der Waals surface area contributed by atoms with Crippen LogP contribution in [0.1, 0.15) is 37.3 Å². The van der Waals surface area contributed by atoms with Crippen molar-refractivity contribution >= 4 is 5.91 Å². The summed E-state index contributed by atoms with van der Waals surface area (Å²) in [5.41, 5.74) is 2.63. The minimum Gasteiger partial charge on any atom is -0.341 e. The second-order valence-corrected chi connectivity index (χ2v) is 9.45. The lowest BCUT2D eigenvalue weighted by Crippen LogP contribution is -2.53. The summed E-state index contributed by atoms with van der Waals surface area (Å²) in [6, 6.07) is 21.2. The summed E-state index contributed by atoms with van der Waals surface area (Å²) in [4.78, 5) is 18.5. The number of fused-ring (bicyclic) bond motifs is 1.